The Labute approximate surface area is 165 Å². The quantitative estimate of drug-likeness (QED) is 0.367. The van der Waals surface area contributed by atoms with Crippen LogP contribution in [-0.2, 0) is 0 Å². The lowest BCUT2D eigenvalue weighted by Gasteiger charge is -2.22. The zero-order valence-corrected chi connectivity index (χ0v) is 18.9. The molecule has 2 N–H and O–H groups in total. The Bertz CT molecular complexity index is 414. The van der Waals surface area contributed by atoms with E-state index in [1.165, 1.54) is 11.1 Å². The SMILES string of the molecule is C=C/C(=C\CC)CCC(=C)NC(CNC)CC(/C=C\C)=C/C.CC.CC. The Balaban J connectivity index is -0.00000123. The van der Waals surface area contributed by atoms with E-state index in [1.807, 2.05) is 40.8 Å². The third kappa shape index (κ3) is 17.3. The molecule has 0 rings (SSSR count). The summed E-state index contributed by atoms with van der Waals surface area (Å²) in [5.41, 5.74) is 3.75. The molecule has 0 fully saturated rings. The van der Waals surface area contributed by atoms with Crippen molar-refractivity contribution in [1.29, 1.82) is 0 Å². The zero-order chi connectivity index (χ0) is 20.8. The van der Waals surface area contributed by atoms with Crippen LogP contribution < -0.4 is 10.6 Å². The average Bonchev–Trinajstić information content (AvgIpc) is 2.68. The molecule has 0 aliphatic heterocycles. The van der Waals surface area contributed by atoms with E-state index >= 15 is 0 Å². The molecule has 152 valence electrons. The van der Waals surface area contributed by atoms with Gasteiger partial charge in [-0.05, 0) is 46.6 Å². The van der Waals surface area contributed by atoms with Gasteiger partial charge in [0.15, 0.2) is 0 Å². The fourth-order valence-electron chi connectivity index (χ4n) is 2.41. The molecule has 1 unspecified atom stereocenters. The second-order valence-corrected chi connectivity index (χ2v) is 5.46. The highest BCUT2D eigenvalue weighted by Gasteiger charge is 2.09. The van der Waals surface area contributed by atoms with Crippen molar-refractivity contribution in [3.8, 4) is 0 Å². The number of allylic oxidation sites excluding steroid dienone is 7. The zero-order valence-electron chi connectivity index (χ0n) is 18.9. The van der Waals surface area contributed by atoms with Crippen LogP contribution in [0.25, 0.3) is 0 Å². The van der Waals surface area contributed by atoms with Gasteiger partial charge in [-0.1, -0.05) is 89.3 Å². The van der Waals surface area contributed by atoms with E-state index in [1.54, 1.807) is 0 Å². The average molecular weight is 363 g/mol. The molecule has 0 aliphatic rings. The first kappa shape index (κ1) is 29.2. The first-order valence-electron chi connectivity index (χ1n) is 10.3. The standard InChI is InChI=1S/C20H34N2.2C2H6/c1-7-11-18(9-3)14-13-17(5)22-20(16-21-6)15-19(10-4)12-8-2;2*1-2/h8-12,20-22H,3,5,7,13-16H2,1-2,4,6H3;2*1-2H3/b12-8-,18-11+,19-10+;;. The van der Waals surface area contributed by atoms with E-state index in [4.69, 9.17) is 0 Å². The maximum atomic E-state index is 4.18. The molecule has 2 nitrogen and oxygen atoms in total. The van der Waals surface area contributed by atoms with Crippen LogP contribution in [0, 0.1) is 0 Å². The highest BCUT2D eigenvalue weighted by molar-refractivity contribution is 5.20. The van der Waals surface area contributed by atoms with Gasteiger partial charge in [-0.2, -0.15) is 0 Å². The topological polar surface area (TPSA) is 24.1 Å². The predicted molar refractivity (Wildman–Crippen MR) is 124 cm³/mol. The Hall–Kier alpha value is -1.54. The van der Waals surface area contributed by atoms with Crippen LogP contribution in [0.3, 0.4) is 0 Å². The number of hydrogen-bond acceptors (Lipinski definition) is 2. The summed E-state index contributed by atoms with van der Waals surface area (Å²) in [6.45, 7) is 23.3. The van der Waals surface area contributed by atoms with Gasteiger partial charge in [0.2, 0.25) is 0 Å². The molecule has 26 heavy (non-hydrogen) atoms. The Morgan fingerprint density at radius 1 is 1.04 bits per heavy atom. The molecular formula is C24H46N2. The molecule has 0 bridgehead atoms. The van der Waals surface area contributed by atoms with E-state index in [-0.39, 0.29) is 0 Å². The Morgan fingerprint density at radius 2 is 1.65 bits per heavy atom. The maximum absolute atomic E-state index is 4.18. The molecule has 0 aromatic rings. The summed E-state index contributed by atoms with van der Waals surface area (Å²) >= 11 is 0. The van der Waals surface area contributed by atoms with Crippen LogP contribution in [0.15, 0.2) is 60.4 Å². The molecule has 0 aromatic heterocycles. The van der Waals surface area contributed by atoms with Gasteiger partial charge in [0, 0.05) is 18.3 Å². The lowest BCUT2D eigenvalue weighted by Crippen LogP contribution is -2.37. The number of rotatable bonds is 12. The van der Waals surface area contributed by atoms with Gasteiger partial charge in [0.05, 0.1) is 0 Å². The highest BCUT2D eigenvalue weighted by atomic mass is 15.0. The lowest BCUT2D eigenvalue weighted by molar-refractivity contribution is 0.524. The van der Waals surface area contributed by atoms with E-state index < -0.39 is 0 Å². The molecule has 0 saturated heterocycles. The first-order chi connectivity index (χ1) is 12.6. The van der Waals surface area contributed by atoms with Crippen molar-refractivity contribution in [3.63, 3.8) is 0 Å². The second kappa shape index (κ2) is 23.5. The van der Waals surface area contributed by atoms with Gasteiger partial charge in [-0.15, -0.1) is 0 Å². The van der Waals surface area contributed by atoms with E-state index in [0.29, 0.717) is 6.04 Å². The molecule has 2 heteroatoms. The number of hydrogen-bond donors (Lipinski definition) is 2. The molecule has 0 saturated carbocycles. The molecule has 0 aromatic carbocycles. The van der Waals surface area contributed by atoms with Crippen LogP contribution in [0.2, 0.25) is 0 Å². The summed E-state index contributed by atoms with van der Waals surface area (Å²) in [6, 6.07) is 0.363. The lowest BCUT2D eigenvalue weighted by atomic mass is 10.0. The minimum absolute atomic E-state index is 0.363. The summed E-state index contributed by atoms with van der Waals surface area (Å²) in [4.78, 5) is 0. The van der Waals surface area contributed by atoms with Crippen molar-refractivity contribution in [2.75, 3.05) is 13.6 Å². The van der Waals surface area contributed by atoms with E-state index in [0.717, 1.165) is 37.9 Å². The number of nitrogens with one attached hydrogen (secondary N) is 2. The van der Waals surface area contributed by atoms with Gasteiger partial charge in [0.1, 0.15) is 0 Å². The molecular weight excluding hydrogens is 316 g/mol. The summed E-state index contributed by atoms with van der Waals surface area (Å²) in [7, 11) is 1.99. The largest absolute Gasteiger partial charge is 0.384 e. The molecule has 0 heterocycles. The summed E-state index contributed by atoms with van der Waals surface area (Å²) < 4.78 is 0. The molecule has 0 spiro atoms. The van der Waals surface area contributed by atoms with Crippen molar-refractivity contribution in [1.82, 2.24) is 10.6 Å². The molecule has 0 radical (unpaired) electrons. The van der Waals surface area contributed by atoms with Crippen molar-refractivity contribution in [3.05, 3.63) is 60.4 Å². The minimum atomic E-state index is 0.363. The van der Waals surface area contributed by atoms with E-state index in [2.05, 4.69) is 68.9 Å². The minimum Gasteiger partial charge on any atom is -0.384 e. The Kier molecular flexibility index (Phi) is 26.4. The van der Waals surface area contributed by atoms with Gasteiger partial charge in [-0.3, -0.25) is 0 Å². The number of likely N-dealkylation sites (N-methyl/N-ethyl adjacent to an activating group) is 1. The third-order valence-corrected chi connectivity index (χ3v) is 3.54. The van der Waals surface area contributed by atoms with Crippen LogP contribution >= 0.6 is 0 Å². The smallest absolute Gasteiger partial charge is 0.0422 e. The van der Waals surface area contributed by atoms with Crippen molar-refractivity contribution in [2.24, 2.45) is 0 Å². The first-order valence-corrected chi connectivity index (χ1v) is 10.3. The van der Waals surface area contributed by atoms with E-state index in [9.17, 15) is 0 Å². The van der Waals surface area contributed by atoms with Crippen LogP contribution in [0.5, 0.6) is 0 Å². The van der Waals surface area contributed by atoms with Gasteiger partial charge >= 0.3 is 0 Å². The van der Waals surface area contributed by atoms with Crippen LogP contribution in [0.4, 0.5) is 0 Å². The summed E-state index contributed by atoms with van der Waals surface area (Å²) in [5, 5.41) is 6.83. The highest BCUT2D eigenvalue weighted by Crippen LogP contribution is 2.13. The fourth-order valence-corrected chi connectivity index (χ4v) is 2.41. The van der Waals surface area contributed by atoms with Crippen molar-refractivity contribution < 1.29 is 0 Å². The maximum Gasteiger partial charge on any atom is 0.0422 e. The van der Waals surface area contributed by atoms with Crippen LogP contribution in [-0.4, -0.2) is 19.6 Å². The summed E-state index contributed by atoms with van der Waals surface area (Å²) in [6.07, 6.45) is 14.6. The van der Waals surface area contributed by atoms with Gasteiger partial charge in [0.25, 0.3) is 0 Å². The van der Waals surface area contributed by atoms with Crippen LogP contribution in [0.1, 0.15) is 74.1 Å². The predicted octanol–water partition coefficient (Wildman–Crippen LogP) is 6.95. The normalized spacial score (nSPS) is 12.5. The molecule has 0 amide bonds. The summed E-state index contributed by atoms with van der Waals surface area (Å²) in [5.74, 6) is 0. The van der Waals surface area contributed by atoms with Crippen molar-refractivity contribution >= 4 is 0 Å². The Morgan fingerprint density at radius 3 is 2.08 bits per heavy atom. The van der Waals surface area contributed by atoms with Crippen molar-refractivity contribution in [2.45, 2.75) is 80.2 Å². The molecule has 1 atom stereocenters. The molecule has 0 aliphatic carbocycles. The third-order valence-electron chi connectivity index (χ3n) is 3.54. The van der Waals surface area contributed by atoms with Gasteiger partial charge < -0.3 is 10.6 Å². The monoisotopic (exact) mass is 362 g/mol. The van der Waals surface area contributed by atoms with Gasteiger partial charge in [-0.25, -0.2) is 0 Å². The second-order valence-electron chi connectivity index (χ2n) is 5.46. The fraction of sp³-hybridized carbons (Fsp3) is 0.583.